The van der Waals surface area contributed by atoms with Crippen molar-refractivity contribution in [3.05, 3.63) is 70.7 Å². The maximum Gasteiger partial charge on any atom is 0.418 e. The molecule has 1 aliphatic heterocycles. The minimum absolute atomic E-state index is 0.0780. The van der Waals surface area contributed by atoms with Crippen LogP contribution in [0.4, 0.5) is 17.6 Å². The third kappa shape index (κ3) is 8.43. The number of amides is 2. The van der Waals surface area contributed by atoms with Crippen LogP contribution in [-0.4, -0.2) is 65.1 Å². The maximum absolute atomic E-state index is 14.8. The van der Waals surface area contributed by atoms with E-state index in [1.807, 2.05) is 27.7 Å². The zero-order valence-corrected chi connectivity index (χ0v) is 30.3. The summed E-state index contributed by atoms with van der Waals surface area (Å²) in [6.07, 6.45) is -3.80. The molecule has 2 unspecified atom stereocenters. The summed E-state index contributed by atoms with van der Waals surface area (Å²) in [5, 5.41) is 3.37. The minimum Gasteiger partial charge on any atom is -0.378 e. The lowest BCUT2D eigenvalue weighted by molar-refractivity contribution is -0.145. The number of nitrogens with zero attached hydrogens (tertiary/aromatic N) is 1. The van der Waals surface area contributed by atoms with Crippen molar-refractivity contribution in [2.45, 2.75) is 90.8 Å². The molecule has 0 saturated carbocycles. The molecule has 2 amide bonds. The number of fused-ring (bicyclic) bond motifs is 3. The summed E-state index contributed by atoms with van der Waals surface area (Å²) in [5.74, 6) is -3.90. The Morgan fingerprint density at radius 3 is 2.27 bits per heavy atom. The van der Waals surface area contributed by atoms with Crippen molar-refractivity contribution in [2.75, 3.05) is 26.3 Å². The summed E-state index contributed by atoms with van der Waals surface area (Å²) in [7, 11) is 0. The second-order valence-electron chi connectivity index (χ2n) is 14.6. The zero-order valence-electron chi connectivity index (χ0n) is 30.3. The predicted octanol–water partition coefficient (Wildman–Crippen LogP) is 7.01. The summed E-state index contributed by atoms with van der Waals surface area (Å²) >= 11 is 0. The fourth-order valence-electron chi connectivity index (χ4n) is 7.69. The van der Waals surface area contributed by atoms with Gasteiger partial charge in [-0.05, 0) is 47.9 Å². The Morgan fingerprint density at radius 2 is 1.62 bits per heavy atom. The molecule has 5 atom stereocenters. The molecule has 8 nitrogen and oxygen atoms in total. The van der Waals surface area contributed by atoms with Gasteiger partial charge in [-0.15, -0.1) is 0 Å². The summed E-state index contributed by atoms with van der Waals surface area (Å²) in [6, 6.07) is 9.88. The molecule has 12 heteroatoms. The third-order valence-electron chi connectivity index (χ3n) is 11.3. The fraction of sp³-hybridized carbons (Fsp3) is 0.550. The Kier molecular flexibility index (Phi) is 12.3. The van der Waals surface area contributed by atoms with Crippen molar-refractivity contribution in [1.82, 2.24) is 15.2 Å². The van der Waals surface area contributed by atoms with Gasteiger partial charge in [0.2, 0.25) is 11.8 Å². The number of ether oxygens (including phenoxy) is 1. The van der Waals surface area contributed by atoms with E-state index in [1.54, 1.807) is 17.0 Å². The highest BCUT2D eigenvalue weighted by atomic mass is 19.4. The first-order chi connectivity index (χ1) is 24.7. The van der Waals surface area contributed by atoms with Crippen LogP contribution in [-0.2, 0) is 49.4 Å². The Hall–Kier alpha value is -4.06. The monoisotopic (exact) mass is 727 g/mol. The lowest BCUT2D eigenvalue weighted by Crippen LogP contribution is -2.60. The van der Waals surface area contributed by atoms with E-state index in [-0.39, 0.29) is 78.9 Å². The first-order valence-corrected chi connectivity index (χ1v) is 18.4. The summed E-state index contributed by atoms with van der Waals surface area (Å²) in [5.41, 5.74) is -1.16. The van der Waals surface area contributed by atoms with Gasteiger partial charge in [-0.2, -0.15) is 13.2 Å². The summed E-state index contributed by atoms with van der Waals surface area (Å²) < 4.78 is 62.0. The Labute approximate surface area is 302 Å². The van der Waals surface area contributed by atoms with Crippen LogP contribution in [0.2, 0.25) is 0 Å². The highest BCUT2D eigenvalue weighted by Crippen LogP contribution is 2.41. The van der Waals surface area contributed by atoms with Crippen molar-refractivity contribution in [3.63, 3.8) is 0 Å². The van der Waals surface area contributed by atoms with Gasteiger partial charge >= 0.3 is 6.18 Å². The van der Waals surface area contributed by atoms with E-state index in [4.69, 9.17) is 4.74 Å². The van der Waals surface area contributed by atoms with Crippen molar-refractivity contribution in [2.24, 2.45) is 23.7 Å². The number of carbonyl (C=O) groups excluding carboxylic acids is 4. The number of halogens is 4. The highest BCUT2D eigenvalue weighted by Gasteiger charge is 2.47. The number of rotatable bonds is 14. The molecular weight excluding hydrogens is 678 g/mol. The number of hydrogen-bond acceptors (Lipinski definition) is 5. The van der Waals surface area contributed by atoms with Gasteiger partial charge in [-0.1, -0.05) is 70.9 Å². The van der Waals surface area contributed by atoms with E-state index in [1.165, 1.54) is 24.3 Å². The van der Waals surface area contributed by atoms with Crippen LogP contribution in [0.1, 0.15) is 82.2 Å². The fourth-order valence-corrected chi connectivity index (χ4v) is 7.69. The van der Waals surface area contributed by atoms with Crippen LogP contribution >= 0.6 is 0 Å². The predicted molar refractivity (Wildman–Crippen MR) is 189 cm³/mol. The van der Waals surface area contributed by atoms with Gasteiger partial charge in [0.1, 0.15) is 17.1 Å². The van der Waals surface area contributed by atoms with E-state index >= 15 is 0 Å². The number of hydrogen-bond donors (Lipinski definition) is 2. The quantitative estimate of drug-likeness (QED) is 0.174. The molecule has 2 heterocycles. The van der Waals surface area contributed by atoms with Gasteiger partial charge in [-0.3, -0.25) is 19.2 Å². The average Bonchev–Trinajstić information content (AvgIpc) is 3.50. The van der Waals surface area contributed by atoms with E-state index < -0.39 is 40.8 Å². The maximum atomic E-state index is 14.8. The van der Waals surface area contributed by atoms with Crippen LogP contribution < -0.4 is 5.32 Å². The Bertz CT molecular complexity index is 1780. The molecule has 52 heavy (non-hydrogen) atoms. The van der Waals surface area contributed by atoms with Crippen LogP contribution in [0.5, 0.6) is 0 Å². The number of morpholine rings is 1. The zero-order chi connectivity index (χ0) is 37.8. The molecule has 2 N–H and O–H groups in total. The van der Waals surface area contributed by atoms with E-state index in [0.717, 1.165) is 6.07 Å². The number of Topliss-reactive ketones (excluding diaryl/α,β-unsaturated/α-hetero) is 2. The molecule has 2 aliphatic rings. The number of H-pyrrole nitrogens is 1. The second kappa shape index (κ2) is 16.3. The number of aryl methyl sites for hydroxylation is 1. The van der Waals surface area contributed by atoms with Crippen LogP contribution in [0.25, 0.3) is 10.9 Å². The number of benzene rings is 2. The number of aromatic amines is 1. The average molecular weight is 728 g/mol. The van der Waals surface area contributed by atoms with Crippen LogP contribution in [0.3, 0.4) is 0 Å². The second-order valence-corrected chi connectivity index (χ2v) is 14.6. The molecule has 0 spiro atoms. The van der Waals surface area contributed by atoms with Crippen molar-refractivity contribution in [1.29, 1.82) is 0 Å². The minimum atomic E-state index is -4.61. The van der Waals surface area contributed by atoms with E-state index in [9.17, 15) is 36.7 Å². The molecule has 2 aromatic carbocycles. The molecule has 0 radical (unpaired) electrons. The van der Waals surface area contributed by atoms with Gasteiger partial charge in [0, 0.05) is 61.7 Å². The van der Waals surface area contributed by atoms with Gasteiger partial charge in [0.15, 0.2) is 5.78 Å². The molecular formula is C40H49F4N3O5. The van der Waals surface area contributed by atoms with E-state index in [2.05, 4.69) is 10.3 Å². The number of alkyl halides is 3. The number of para-hydroxylation sites is 1. The lowest BCUT2D eigenvalue weighted by Gasteiger charge is -2.40. The highest BCUT2D eigenvalue weighted by molar-refractivity contribution is 5.99. The van der Waals surface area contributed by atoms with Crippen LogP contribution in [0.15, 0.2) is 42.5 Å². The SMILES string of the molecule is CCC(C)[C@H](CC(=O)Cc1ccccc1F)C(=O)N[C@]1(C(=O)C[C@H](C(=O)N2CCOCC2)C(C)CC)CCc2[nH]c3c(C(F)(F)F)cccc3c2C1. The number of carbonyl (C=O) groups is 4. The number of nitrogens with one attached hydrogen (secondary N) is 2. The van der Waals surface area contributed by atoms with Gasteiger partial charge < -0.3 is 19.9 Å². The molecule has 1 aromatic heterocycles. The Morgan fingerprint density at radius 1 is 0.942 bits per heavy atom. The van der Waals surface area contributed by atoms with Crippen LogP contribution in [0, 0.1) is 29.5 Å². The first-order valence-electron chi connectivity index (χ1n) is 18.4. The smallest absolute Gasteiger partial charge is 0.378 e. The van der Waals surface area contributed by atoms with Crippen molar-refractivity contribution < 1.29 is 41.5 Å². The molecule has 1 aliphatic carbocycles. The molecule has 3 aromatic rings. The normalized spacial score (nSPS) is 20.1. The topological polar surface area (TPSA) is 109 Å². The molecule has 5 rings (SSSR count). The number of aromatic nitrogens is 1. The third-order valence-corrected chi connectivity index (χ3v) is 11.3. The molecule has 1 fully saturated rings. The van der Waals surface area contributed by atoms with Gasteiger partial charge in [0.05, 0.1) is 24.3 Å². The largest absolute Gasteiger partial charge is 0.418 e. The van der Waals surface area contributed by atoms with Crippen molar-refractivity contribution in [3.8, 4) is 0 Å². The molecule has 1 saturated heterocycles. The number of ketones is 2. The summed E-state index contributed by atoms with van der Waals surface area (Å²) in [4.78, 5) is 61.1. The molecule has 282 valence electrons. The van der Waals surface area contributed by atoms with Crippen molar-refractivity contribution >= 4 is 34.3 Å². The summed E-state index contributed by atoms with van der Waals surface area (Å²) in [6.45, 7) is 9.17. The Balaban J connectivity index is 1.51. The molecule has 0 bridgehead atoms. The lowest BCUT2D eigenvalue weighted by atomic mass is 9.72. The van der Waals surface area contributed by atoms with Gasteiger partial charge in [0.25, 0.3) is 0 Å². The first kappa shape index (κ1) is 39.2. The standard InChI is InChI=1S/C40H49F4N3O5/c1-5-24(3)29(21-27(48)20-26-10-7-8-13-33(26)41)37(50)46-39(35(49)22-30(25(4)6-2)38(51)47-16-18-52-19-17-47)15-14-34-31(23-39)28-11-9-12-32(36(28)45-34)40(42,43)44/h7-13,24-25,29-30,45H,5-6,14-23H2,1-4H3,(H,46,50)/t24?,25?,29-,30-,39+/m0/s1. The van der Waals surface area contributed by atoms with E-state index in [0.29, 0.717) is 55.8 Å². The van der Waals surface area contributed by atoms with Gasteiger partial charge in [-0.25, -0.2) is 4.39 Å².